The number of aryl methyl sites for hydroxylation is 1. The van der Waals surface area contributed by atoms with Gasteiger partial charge < -0.3 is 10.2 Å². The minimum atomic E-state index is 0.0300. The summed E-state index contributed by atoms with van der Waals surface area (Å²) in [6.45, 7) is 7.42. The van der Waals surface area contributed by atoms with Crippen molar-refractivity contribution < 1.29 is 4.79 Å². The van der Waals surface area contributed by atoms with Gasteiger partial charge in [0.05, 0.1) is 5.69 Å². The van der Waals surface area contributed by atoms with E-state index in [0.717, 1.165) is 48.7 Å². The molecule has 1 aliphatic rings. The zero-order valence-electron chi connectivity index (χ0n) is 14.5. The first-order valence-electron chi connectivity index (χ1n) is 8.50. The number of hydrogen-bond acceptors (Lipinski definition) is 4. The third-order valence-electron chi connectivity index (χ3n) is 4.40. The molecule has 1 aromatic carbocycles. The standard InChI is InChI=1S/C19H24N4O/c1-13(2)19(24)23-10-8-16-17(9-11-23)20-12-21-18(16)22-15-6-4-14(3)5-7-15/h4-7,12-13H,8-11H2,1-3H3,(H,20,21,22). The molecule has 0 fully saturated rings. The molecule has 24 heavy (non-hydrogen) atoms. The molecule has 0 spiro atoms. The number of fused-ring (bicyclic) bond motifs is 1. The lowest BCUT2D eigenvalue weighted by molar-refractivity contribution is -0.134. The van der Waals surface area contributed by atoms with E-state index in [0.29, 0.717) is 0 Å². The van der Waals surface area contributed by atoms with Crippen LogP contribution in [0.2, 0.25) is 0 Å². The van der Waals surface area contributed by atoms with E-state index in [2.05, 4.69) is 46.5 Å². The first-order valence-corrected chi connectivity index (χ1v) is 8.50. The molecule has 0 saturated heterocycles. The molecule has 0 radical (unpaired) electrons. The molecule has 2 heterocycles. The maximum absolute atomic E-state index is 12.3. The number of nitrogens with one attached hydrogen (secondary N) is 1. The summed E-state index contributed by atoms with van der Waals surface area (Å²) in [5.41, 5.74) is 4.40. The number of benzene rings is 1. The van der Waals surface area contributed by atoms with Gasteiger partial charge in [-0.1, -0.05) is 31.5 Å². The third kappa shape index (κ3) is 3.55. The minimum Gasteiger partial charge on any atom is -0.342 e. The van der Waals surface area contributed by atoms with Crippen molar-refractivity contribution in [3.8, 4) is 0 Å². The minimum absolute atomic E-state index is 0.0300. The summed E-state index contributed by atoms with van der Waals surface area (Å²) in [6.07, 6.45) is 3.16. The van der Waals surface area contributed by atoms with Gasteiger partial charge in [-0.3, -0.25) is 4.79 Å². The van der Waals surface area contributed by atoms with Crippen molar-refractivity contribution in [2.75, 3.05) is 18.4 Å². The molecule has 5 heteroatoms. The van der Waals surface area contributed by atoms with Gasteiger partial charge in [0.25, 0.3) is 0 Å². The number of rotatable bonds is 3. The molecule has 0 saturated carbocycles. The van der Waals surface area contributed by atoms with Gasteiger partial charge in [0.1, 0.15) is 12.1 Å². The predicted molar refractivity (Wildman–Crippen MR) is 95.3 cm³/mol. The highest BCUT2D eigenvalue weighted by atomic mass is 16.2. The molecular formula is C19H24N4O. The number of carbonyl (C=O) groups excluding carboxylic acids is 1. The third-order valence-corrected chi connectivity index (χ3v) is 4.40. The zero-order chi connectivity index (χ0) is 17.1. The molecule has 0 atom stereocenters. The van der Waals surface area contributed by atoms with E-state index < -0.39 is 0 Å². The molecule has 2 aromatic rings. The van der Waals surface area contributed by atoms with Crippen molar-refractivity contribution >= 4 is 17.4 Å². The number of carbonyl (C=O) groups is 1. The average Bonchev–Trinajstić information content (AvgIpc) is 2.79. The molecule has 1 aromatic heterocycles. The van der Waals surface area contributed by atoms with E-state index >= 15 is 0 Å². The van der Waals surface area contributed by atoms with Gasteiger partial charge in [0.2, 0.25) is 5.91 Å². The van der Waals surface area contributed by atoms with Crippen molar-refractivity contribution in [1.29, 1.82) is 0 Å². The Morgan fingerprint density at radius 1 is 1.12 bits per heavy atom. The second-order valence-corrected chi connectivity index (χ2v) is 6.62. The molecule has 0 bridgehead atoms. The Bertz CT molecular complexity index is 725. The lowest BCUT2D eigenvalue weighted by atomic mass is 10.1. The first kappa shape index (κ1) is 16.4. The summed E-state index contributed by atoms with van der Waals surface area (Å²) in [5.74, 6) is 1.09. The van der Waals surface area contributed by atoms with Crippen LogP contribution < -0.4 is 5.32 Å². The number of aromatic nitrogens is 2. The summed E-state index contributed by atoms with van der Waals surface area (Å²) in [7, 11) is 0. The second kappa shape index (κ2) is 6.99. The van der Waals surface area contributed by atoms with Crippen molar-refractivity contribution in [1.82, 2.24) is 14.9 Å². The molecule has 1 N–H and O–H groups in total. The SMILES string of the molecule is Cc1ccc(Nc2ncnc3c2CCN(C(=O)C(C)C)CC3)cc1. The highest BCUT2D eigenvalue weighted by Gasteiger charge is 2.23. The van der Waals surface area contributed by atoms with Crippen molar-refractivity contribution in [3.05, 3.63) is 47.4 Å². The lowest BCUT2D eigenvalue weighted by Crippen LogP contribution is -2.36. The van der Waals surface area contributed by atoms with Crippen LogP contribution in [-0.2, 0) is 17.6 Å². The van der Waals surface area contributed by atoms with Crippen LogP contribution in [-0.4, -0.2) is 33.9 Å². The van der Waals surface area contributed by atoms with E-state index in [1.807, 2.05) is 18.7 Å². The average molecular weight is 324 g/mol. The highest BCUT2D eigenvalue weighted by molar-refractivity contribution is 5.78. The van der Waals surface area contributed by atoms with Gasteiger partial charge in [-0.05, 0) is 25.5 Å². The van der Waals surface area contributed by atoms with Crippen molar-refractivity contribution in [3.63, 3.8) is 0 Å². The maximum Gasteiger partial charge on any atom is 0.225 e. The molecule has 126 valence electrons. The van der Waals surface area contributed by atoms with Crippen LogP contribution in [0.4, 0.5) is 11.5 Å². The van der Waals surface area contributed by atoms with Gasteiger partial charge in [-0.15, -0.1) is 0 Å². The topological polar surface area (TPSA) is 58.1 Å². The van der Waals surface area contributed by atoms with Crippen LogP contribution in [0.3, 0.4) is 0 Å². The normalized spacial score (nSPS) is 14.2. The van der Waals surface area contributed by atoms with Crippen LogP contribution >= 0.6 is 0 Å². The fraction of sp³-hybridized carbons (Fsp3) is 0.421. The van der Waals surface area contributed by atoms with Crippen LogP contribution in [0.15, 0.2) is 30.6 Å². The summed E-state index contributed by atoms with van der Waals surface area (Å²) in [5, 5.41) is 3.40. The number of anilines is 2. The fourth-order valence-electron chi connectivity index (χ4n) is 2.99. The predicted octanol–water partition coefficient (Wildman–Crippen LogP) is 3.11. The molecule has 0 aliphatic carbocycles. The Balaban J connectivity index is 1.81. The summed E-state index contributed by atoms with van der Waals surface area (Å²) < 4.78 is 0. The van der Waals surface area contributed by atoms with Crippen LogP contribution in [0.1, 0.15) is 30.7 Å². The van der Waals surface area contributed by atoms with Crippen LogP contribution in [0, 0.1) is 12.8 Å². The van der Waals surface area contributed by atoms with Gasteiger partial charge in [0, 0.05) is 36.7 Å². The Kier molecular flexibility index (Phi) is 4.79. The van der Waals surface area contributed by atoms with Gasteiger partial charge in [-0.2, -0.15) is 0 Å². The Hall–Kier alpha value is -2.43. The van der Waals surface area contributed by atoms with Gasteiger partial charge in [0.15, 0.2) is 0 Å². The fourth-order valence-corrected chi connectivity index (χ4v) is 2.99. The molecular weight excluding hydrogens is 300 g/mol. The molecule has 3 rings (SSSR count). The van der Waals surface area contributed by atoms with Crippen molar-refractivity contribution in [2.45, 2.75) is 33.6 Å². The largest absolute Gasteiger partial charge is 0.342 e. The number of nitrogens with zero attached hydrogens (tertiary/aromatic N) is 3. The molecule has 0 unspecified atom stereocenters. The van der Waals surface area contributed by atoms with E-state index in [1.165, 1.54) is 5.56 Å². The van der Waals surface area contributed by atoms with E-state index in [9.17, 15) is 4.79 Å². The first-order chi connectivity index (χ1) is 11.5. The van der Waals surface area contributed by atoms with Crippen LogP contribution in [0.25, 0.3) is 0 Å². The van der Waals surface area contributed by atoms with E-state index in [1.54, 1.807) is 6.33 Å². The lowest BCUT2D eigenvalue weighted by Gasteiger charge is -2.22. The monoisotopic (exact) mass is 324 g/mol. The molecule has 1 aliphatic heterocycles. The van der Waals surface area contributed by atoms with Gasteiger partial charge in [-0.25, -0.2) is 9.97 Å². The summed E-state index contributed by atoms with van der Waals surface area (Å²) in [6, 6.07) is 8.25. The second-order valence-electron chi connectivity index (χ2n) is 6.62. The Morgan fingerprint density at radius 3 is 2.54 bits per heavy atom. The molecule has 1 amide bonds. The van der Waals surface area contributed by atoms with Gasteiger partial charge >= 0.3 is 0 Å². The van der Waals surface area contributed by atoms with Crippen LogP contribution in [0.5, 0.6) is 0 Å². The smallest absolute Gasteiger partial charge is 0.225 e. The highest BCUT2D eigenvalue weighted by Crippen LogP contribution is 2.24. The Labute approximate surface area is 143 Å². The number of amides is 1. The quantitative estimate of drug-likeness (QED) is 0.942. The molecule has 5 nitrogen and oxygen atoms in total. The maximum atomic E-state index is 12.3. The van der Waals surface area contributed by atoms with E-state index in [4.69, 9.17) is 0 Å². The van der Waals surface area contributed by atoms with Crippen molar-refractivity contribution in [2.24, 2.45) is 5.92 Å². The zero-order valence-corrected chi connectivity index (χ0v) is 14.5. The Morgan fingerprint density at radius 2 is 1.83 bits per heavy atom. The van der Waals surface area contributed by atoms with E-state index in [-0.39, 0.29) is 11.8 Å². The summed E-state index contributed by atoms with van der Waals surface area (Å²) >= 11 is 0. The number of hydrogen-bond donors (Lipinski definition) is 1. The summed E-state index contributed by atoms with van der Waals surface area (Å²) in [4.78, 5) is 23.1.